The van der Waals surface area contributed by atoms with Crippen LogP contribution in [0.2, 0.25) is 0 Å². The van der Waals surface area contributed by atoms with E-state index in [0.717, 1.165) is 30.7 Å². The molecule has 4 nitrogen and oxygen atoms in total. The number of hydrogen-bond acceptors (Lipinski definition) is 4. The van der Waals surface area contributed by atoms with Crippen molar-refractivity contribution in [2.45, 2.75) is 39.2 Å². The molecule has 0 aromatic heterocycles. The van der Waals surface area contributed by atoms with Crippen LogP contribution in [0.5, 0.6) is 5.75 Å². The highest BCUT2D eigenvalue weighted by Gasteiger charge is 2.10. The fourth-order valence-corrected chi connectivity index (χ4v) is 1.76. The summed E-state index contributed by atoms with van der Waals surface area (Å²) in [6.45, 7) is 4.99. The van der Waals surface area contributed by atoms with E-state index in [2.05, 4.69) is 19.2 Å². The molecular formula is C14H24N2O2. The minimum Gasteiger partial charge on any atom is -0.491 e. The standard InChI is InChI=1S/C14H24N2O2/c1-3-10-18-13-7-5-6-12(14(13)15)16-11(4-2)8-9-17/h5-7,11,16-17H,3-4,8-10,15H2,1-2H3. The maximum Gasteiger partial charge on any atom is 0.144 e. The Morgan fingerprint density at radius 1 is 1.39 bits per heavy atom. The summed E-state index contributed by atoms with van der Waals surface area (Å²) in [5.74, 6) is 0.723. The number of anilines is 2. The third-order valence-corrected chi connectivity index (χ3v) is 2.86. The number of ether oxygens (including phenoxy) is 1. The molecule has 0 saturated heterocycles. The summed E-state index contributed by atoms with van der Waals surface area (Å²) >= 11 is 0. The van der Waals surface area contributed by atoms with Gasteiger partial charge in [-0.05, 0) is 31.4 Å². The second kappa shape index (κ2) is 7.82. The molecule has 4 N–H and O–H groups in total. The Kier molecular flexibility index (Phi) is 6.36. The van der Waals surface area contributed by atoms with Crippen molar-refractivity contribution < 1.29 is 9.84 Å². The van der Waals surface area contributed by atoms with Crippen molar-refractivity contribution in [1.29, 1.82) is 0 Å². The summed E-state index contributed by atoms with van der Waals surface area (Å²) in [5, 5.41) is 12.3. The van der Waals surface area contributed by atoms with Gasteiger partial charge in [0.2, 0.25) is 0 Å². The summed E-state index contributed by atoms with van der Waals surface area (Å²) in [5.41, 5.74) is 7.59. The monoisotopic (exact) mass is 252 g/mol. The Hall–Kier alpha value is -1.42. The molecule has 4 heteroatoms. The maximum absolute atomic E-state index is 8.99. The van der Waals surface area contributed by atoms with E-state index in [9.17, 15) is 0 Å². The first-order valence-corrected chi connectivity index (χ1v) is 6.61. The second-order valence-electron chi connectivity index (χ2n) is 4.33. The fourth-order valence-electron chi connectivity index (χ4n) is 1.76. The Morgan fingerprint density at radius 3 is 2.78 bits per heavy atom. The molecule has 1 unspecified atom stereocenters. The van der Waals surface area contributed by atoms with Gasteiger partial charge < -0.3 is 20.9 Å². The molecule has 0 heterocycles. The molecule has 0 aliphatic carbocycles. The Bertz CT molecular complexity index is 356. The van der Waals surface area contributed by atoms with E-state index >= 15 is 0 Å². The first-order chi connectivity index (χ1) is 8.72. The summed E-state index contributed by atoms with van der Waals surface area (Å²) in [7, 11) is 0. The van der Waals surface area contributed by atoms with Gasteiger partial charge in [-0.15, -0.1) is 0 Å². The minimum absolute atomic E-state index is 0.178. The second-order valence-corrected chi connectivity index (χ2v) is 4.33. The molecule has 0 radical (unpaired) electrons. The number of aliphatic hydroxyl groups excluding tert-OH is 1. The number of nitrogens with two attached hydrogens (primary N) is 1. The van der Waals surface area contributed by atoms with E-state index in [1.54, 1.807) is 0 Å². The molecule has 18 heavy (non-hydrogen) atoms. The fraction of sp³-hybridized carbons (Fsp3) is 0.571. The van der Waals surface area contributed by atoms with Crippen LogP contribution in [0.4, 0.5) is 11.4 Å². The highest BCUT2D eigenvalue weighted by molar-refractivity contribution is 5.73. The number of aliphatic hydroxyl groups is 1. The lowest BCUT2D eigenvalue weighted by atomic mass is 10.1. The smallest absolute Gasteiger partial charge is 0.144 e. The molecule has 1 aromatic carbocycles. The average molecular weight is 252 g/mol. The summed E-state index contributed by atoms with van der Waals surface area (Å²) in [6.07, 6.45) is 2.62. The molecule has 0 fully saturated rings. The molecule has 1 atom stereocenters. The molecule has 102 valence electrons. The van der Waals surface area contributed by atoms with Crippen LogP contribution in [0.3, 0.4) is 0 Å². The quantitative estimate of drug-likeness (QED) is 0.622. The SMILES string of the molecule is CCCOc1cccc(NC(CC)CCO)c1N. The van der Waals surface area contributed by atoms with E-state index < -0.39 is 0 Å². The van der Waals surface area contributed by atoms with Crippen LogP contribution in [-0.4, -0.2) is 24.4 Å². The highest BCUT2D eigenvalue weighted by atomic mass is 16.5. The van der Waals surface area contributed by atoms with Crippen molar-refractivity contribution >= 4 is 11.4 Å². The van der Waals surface area contributed by atoms with Crippen molar-refractivity contribution in [2.24, 2.45) is 0 Å². The maximum atomic E-state index is 8.99. The number of nitrogens with one attached hydrogen (secondary N) is 1. The summed E-state index contributed by atoms with van der Waals surface area (Å²) in [4.78, 5) is 0. The van der Waals surface area contributed by atoms with Crippen molar-refractivity contribution in [3.05, 3.63) is 18.2 Å². The predicted octanol–water partition coefficient (Wildman–Crippen LogP) is 2.63. The Balaban J connectivity index is 2.75. The molecular weight excluding hydrogens is 228 g/mol. The molecule has 1 rings (SSSR count). The van der Waals surface area contributed by atoms with Crippen LogP contribution in [-0.2, 0) is 0 Å². The molecule has 0 aliphatic rings. The van der Waals surface area contributed by atoms with Crippen LogP contribution in [0.25, 0.3) is 0 Å². The van der Waals surface area contributed by atoms with Gasteiger partial charge in [-0.2, -0.15) is 0 Å². The van der Waals surface area contributed by atoms with E-state index in [0.29, 0.717) is 12.3 Å². The Labute approximate surface area is 109 Å². The zero-order chi connectivity index (χ0) is 13.4. The Morgan fingerprint density at radius 2 is 2.17 bits per heavy atom. The average Bonchev–Trinajstić information content (AvgIpc) is 2.39. The van der Waals surface area contributed by atoms with Gasteiger partial charge in [0.25, 0.3) is 0 Å². The number of nitrogen functional groups attached to an aromatic ring is 1. The normalized spacial score (nSPS) is 12.2. The molecule has 0 bridgehead atoms. The number of benzene rings is 1. The number of rotatable bonds is 8. The number of para-hydroxylation sites is 1. The van der Waals surface area contributed by atoms with Crippen LogP contribution in [0.15, 0.2) is 18.2 Å². The van der Waals surface area contributed by atoms with Gasteiger partial charge in [-0.1, -0.05) is 19.9 Å². The lowest BCUT2D eigenvalue weighted by Gasteiger charge is -2.20. The first kappa shape index (κ1) is 14.6. The van der Waals surface area contributed by atoms with E-state index in [1.807, 2.05) is 18.2 Å². The number of hydrogen-bond donors (Lipinski definition) is 3. The minimum atomic E-state index is 0.178. The highest BCUT2D eigenvalue weighted by Crippen LogP contribution is 2.30. The van der Waals surface area contributed by atoms with Crippen LogP contribution in [0, 0.1) is 0 Å². The lowest BCUT2D eigenvalue weighted by Crippen LogP contribution is -2.20. The van der Waals surface area contributed by atoms with Gasteiger partial charge in [0.05, 0.1) is 18.0 Å². The van der Waals surface area contributed by atoms with Gasteiger partial charge in [0.15, 0.2) is 0 Å². The van der Waals surface area contributed by atoms with Gasteiger partial charge in [-0.3, -0.25) is 0 Å². The van der Waals surface area contributed by atoms with Crippen LogP contribution >= 0.6 is 0 Å². The predicted molar refractivity (Wildman–Crippen MR) is 76.0 cm³/mol. The third-order valence-electron chi connectivity index (χ3n) is 2.86. The molecule has 1 aromatic rings. The zero-order valence-corrected chi connectivity index (χ0v) is 11.3. The summed E-state index contributed by atoms with van der Waals surface area (Å²) in [6, 6.07) is 5.98. The first-order valence-electron chi connectivity index (χ1n) is 6.61. The van der Waals surface area contributed by atoms with Crippen molar-refractivity contribution in [1.82, 2.24) is 0 Å². The van der Waals surface area contributed by atoms with Crippen molar-refractivity contribution in [3.63, 3.8) is 0 Å². The van der Waals surface area contributed by atoms with Crippen molar-refractivity contribution in [2.75, 3.05) is 24.3 Å². The lowest BCUT2D eigenvalue weighted by molar-refractivity contribution is 0.278. The molecule has 0 amide bonds. The van der Waals surface area contributed by atoms with E-state index in [4.69, 9.17) is 15.6 Å². The van der Waals surface area contributed by atoms with Gasteiger partial charge >= 0.3 is 0 Å². The van der Waals surface area contributed by atoms with E-state index in [-0.39, 0.29) is 12.6 Å². The molecule has 0 spiro atoms. The largest absolute Gasteiger partial charge is 0.491 e. The van der Waals surface area contributed by atoms with Crippen molar-refractivity contribution in [3.8, 4) is 5.75 Å². The van der Waals surface area contributed by atoms with Crippen LogP contribution in [0.1, 0.15) is 33.1 Å². The van der Waals surface area contributed by atoms with Gasteiger partial charge in [-0.25, -0.2) is 0 Å². The summed E-state index contributed by atoms with van der Waals surface area (Å²) < 4.78 is 5.59. The van der Waals surface area contributed by atoms with E-state index in [1.165, 1.54) is 0 Å². The topological polar surface area (TPSA) is 67.5 Å². The third kappa shape index (κ3) is 4.11. The van der Waals surface area contributed by atoms with Gasteiger partial charge in [0.1, 0.15) is 5.75 Å². The zero-order valence-electron chi connectivity index (χ0n) is 11.3. The molecule has 0 aliphatic heterocycles. The van der Waals surface area contributed by atoms with Gasteiger partial charge in [0, 0.05) is 12.6 Å². The van der Waals surface area contributed by atoms with Crippen LogP contribution < -0.4 is 15.8 Å². The molecule has 0 saturated carbocycles.